The Hall–Kier alpha value is -4.34. The third-order valence-corrected chi connectivity index (χ3v) is 8.47. The molecule has 0 radical (unpaired) electrons. The third-order valence-electron chi connectivity index (χ3n) is 7.46. The summed E-state index contributed by atoms with van der Waals surface area (Å²) in [5.74, 6) is 0.586. The fourth-order valence-electron chi connectivity index (χ4n) is 5.15. The lowest BCUT2D eigenvalue weighted by Crippen LogP contribution is -2.31. The van der Waals surface area contributed by atoms with Crippen LogP contribution in [0.5, 0.6) is 0 Å². The molecule has 8 heteroatoms. The number of amides is 1. The van der Waals surface area contributed by atoms with Crippen LogP contribution in [0.4, 0.5) is 0 Å². The highest BCUT2D eigenvalue weighted by Gasteiger charge is 2.32. The van der Waals surface area contributed by atoms with E-state index in [-0.39, 0.29) is 24.7 Å². The molecule has 0 bridgehead atoms. The van der Waals surface area contributed by atoms with Crippen LogP contribution in [-0.4, -0.2) is 32.8 Å². The second-order valence-electron chi connectivity index (χ2n) is 10.6. The number of benzene rings is 4. The maximum absolute atomic E-state index is 12.5. The smallest absolute Gasteiger partial charge is 0.251 e. The molecule has 1 fully saturated rings. The predicted octanol–water partition coefficient (Wildman–Crippen LogP) is 6.90. The summed E-state index contributed by atoms with van der Waals surface area (Å²) < 4.78 is 13.1. The summed E-state index contributed by atoms with van der Waals surface area (Å²) in [7, 11) is 0. The second-order valence-corrected chi connectivity index (χ2v) is 11.6. The summed E-state index contributed by atoms with van der Waals surface area (Å²) in [6.07, 6.45) is 3.33. The Kier molecular flexibility index (Phi) is 9.74. The number of aromatic nitrogens is 2. The first-order chi connectivity index (χ1) is 21.6. The molecule has 1 aromatic heterocycles. The topological polar surface area (TPSA) is 93.6 Å². The van der Waals surface area contributed by atoms with Crippen LogP contribution in [0, 0.1) is 0 Å². The molecule has 5 aromatic rings. The summed E-state index contributed by atoms with van der Waals surface area (Å²) in [6.45, 7) is 0.429. The monoisotopic (exact) mass is 603 g/mol. The summed E-state index contributed by atoms with van der Waals surface area (Å²) in [4.78, 5) is 21.2. The van der Waals surface area contributed by atoms with Crippen molar-refractivity contribution in [3.05, 3.63) is 149 Å². The molecule has 7 nitrogen and oxygen atoms in total. The average Bonchev–Trinajstić information content (AvgIpc) is 3.10. The van der Waals surface area contributed by atoms with Crippen molar-refractivity contribution in [1.82, 2.24) is 15.3 Å². The molecule has 3 atom stereocenters. The Morgan fingerprint density at radius 1 is 0.795 bits per heavy atom. The highest BCUT2D eigenvalue weighted by molar-refractivity contribution is 7.99. The standard InChI is InChI=1S/C36H33N3O4S/c40-23-25-13-15-27(16-14-25)33-21-32(24-44-36-37-17-6-18-38-36)42-35(43-33)31-12-5-11-30(20-31)29-10-4-7-26(19-29)22-39-34(41)28-8-2-1-3-9-28/h1-20,32-33,35,40H,21-24H2,(H,39,41)/t32-,33+,35+/m0/s1. The van der Waals surface area contributed by atoms with E-state index in [0.29, 0.717) is 29.4 Å². The molecule has 2 heterocycles. The zero-order valence-corrected chi connectivity index (χ0v) is 24.9. The van der Waals surface area contributed by atoms with E-state index in [1.165, 1.54) is 0 Å². The number of hydrogen-bond acceptors (Lipinski definition) is 7. The van der Waals surface area contributed by atoms with E-state index in [9.17, 15) is 9.90 Å². The van der Waals surface area contributed by atoms with Crippen molar-refractivity contribution >= 4 is 17.7 Å². The summed E-state index contributed by atoms with van der Waals surface area (Å²) in [5.41, 5.74) is 6.55. The number of thioether (sulfide) groups is 1. The second kappa shape index (κ2) is 14.4. The van der Waals surface area contributed by atoms with Gasteiger partial charge < -0.3 is 19.9 Å². The minimum atomic E-state index is -0.568. The van der Waals surface area contributed by atoms with Gasteiger partial charge in [-0.05, 0) is 58.1 Å². The predicted molar refractivity (Wildman–Crippen MR) is 171 cm³/mol. The van der Waals surface area contributed by atoms with Crippen molar-refractivity contribution in [1.29, 1.82) is 0 Å². The first kappa shape index (κ1) is 29.7. The first-order valence-electron chi connectivity index (χ1n) is 14.6. The molecule has 44 heavy (non-hydrogen) atoms. The molecular formula is C36H33N3O4S. The third kappa shape index (κ3) is 7.59. The maximum atomic E-state index is 12.5. The van der Waals surface area contributed by atoms with Gasteiger partial charge in [-0.25, -0.2) is 9.97 Å². The van der Waals surface area contributed by atoms with Gasteiger partial charge in [-0.2, -0.15) is 0 Å². The van der Waals surface area contributed by atoms with Crippen LogP contribution >= 0.6 is 11.8 Å². The summed E-state index contributed by atoms with van der Waals surface area (Å²) in [6, 6.07) is 35.3. The average molecular weight is 604 g/mol. The molecule has 2 N–H and O–H groups in total. The Morgan fingerprint density at radius 3 is 2.32 bits per heavy atom. The molecule has 0 spiro atoms. The first-order valence-corrected chi connectivity index (χ1v) is 15.6. The van der Waals surface area contributed by atoms with Crippen LogP contribution in [0.25, 0.3) is 11.1 Å². The van der Waals surface area contributed by atoms with Crippen molar-refractivity contribution in [2.45, 2.75) is 43.2 Å². The number of carbonyl (C=O) groups is 1. The largest absolute Gasteiger partial charge is 0.392 e. The van der Waals surface area contributed by atoms with E-state index >= 15 is 0 Å². The zero-order chi connectivity index (χ0) is 30.1. The number of aliphatic hydroxyl groups excluding tert-OH is 1. The van der Waals surface area contributed by atoms with Gasteiger partial charge in [0.1, 0.15) is 0 Å². The van der Waals surface area contributed by atoms with E-state index in [1.807, 2.05) is 66.7 Å². The van der Waals surface area contributed by atoms with E-state index in [1.54, 1.807) is 42.4 Å². The molecule has 1 amide bonds. The van der Waals surface area contributed by atoms with Crippen LogP contribution in [-0.2, 0) is 22.6 Å². The molecule has 6 rings (SSSR count). The number of nitrogens with zero attached hydrogens (tertiary/aromatic N) is 2. The van der Waals surface area contributed by atoms with Crippen molar-refractivity contribution in [3.63, 3.8) is 0 Å². The lowest BCUT2D eigenvalue weighted by molar-refractivity contribution is -0.245. The van der Waals surface area contributed by atoms with Crippen LogP contribution in [0.1, 0.15) is 51.4 Å². The number of rotatable bonds is 10. The highest BCUT2D eigenvalue weighted by Crippen LogP contribution is 2.40. The van der Waals surface area contributed by atoms with Crippen LogP contribution < -0.4 is 5.32 Å². The van der Waals surface area contributed by atoms with Gasteiger partial charge in [0.25, 0.3) is 5.91 Å². The molecule has 1 saturated heterocycles. The van der Waals surface area contributed by atoms with Crippen molar-refractivity contribution in [3.8, 4) is 11.1 Å². The number of ether oxygens (including phenoxy) is 2. The van der Waals surface area contributed by atoms with Gasteiger partial charge in [0, 0.05) is 42.2 Å². The molecule has 4 aromatic carbocycles. The molecular weight excluding hydrogens is 570 g/mol. The minimum absolute atomic E-state index is 0.00126. The fourth-order valence-corrected chi connectivity index (χ4v) is 5.97. The molecule has 0 aliphatic carbocycles. The molecule has 0 unspecified atom stereocenters. The van der Waals surface area contributed by atoms with Gasteiger partial charge in [-0.15, -0.1) is 0 Å². The van der Waals surface area contributed by atoms with Crippen LogP contribution in [0.15, 0.2) is 127 Å². The number of nitrogens with one attached hydrogen (secondary N) is 1. The zero-order valence-electron chi connectivity index (χ0n) is 24.1. The maximum Gasteiger partial charge on any atom is 0.251 e. The number of carbonyl (C=O) groups excluding carboxylic acids is 1. The molecule has 1 aliphatic heterocycles. The number of aliphatic hydroxyl groups is 1. The van der Waals surface area contributed by atoms with Crippen molar-refractivity contribution in [2.75, 3.05) is 5.75 Å². The van der Waals surface area contributed by atoms with E-state index < -0.39 is 6.29 Å². The van der Waals surface area contributed by atoms with Crippen molar-refractivity contribution in [2.24, 2.45) is 0 Å². The van der Waals surface area contributed by atoms with Crippen molar-refractivity contribution < 1.29 is 19.4 Å². The Labute approximate surface area is 261 Å². The van der Waals surface area contributed by atoms with Crippen LogP contribution in [0.3, 0.4) is 0 Å². The molecule has 0 saturated carbocycles. The van der Waals surface area contributed by atoms with Gasteiger partial charge in [-0.1, -0.05) is 90.6 Å². The molecule has 222 valence electrons. The SMILES string of the molecule is O=C(NCc1cccc(-c2cccc([C@@H]3O[C@H](CSc4ncccn4)C[C@H](c4ccc(CO)cc4)O3)c2)c1)c1ccccc1. The number of hydrogen-bond donors (Lipinski definition) is 2. The van der Waals surface area contributed by atoms with Gasteiger partial charge in [0.2, 0.25) is 0 Å². The lowest BCUT2D eigenvalue weighted by atomic mass is 9.99. The van der Waals surface area contributed by atoms with Crippen LogP contribution in [0.2, 0.25) is 0 Å². The summed E-state index contributed by atoms with van der Waals surface area (Å²) >= 11 is 1.57. The highest BCUT2D eigenvalue weighted by atomic mass is 32.2. The quantitative estimate of drug-likeness (QED) is 0.132. The van der Waals surface area contributed by atoms with Gasteiger partial charge >= 0.3 is 0 Å². The Morgan fingerprint density at radius 2 is 1.55 bits per heavy atom. The van der Waals surface area contributed by atoms with Gasteiger partial charge in [0.15, 0.2) is 11.4 Å². The fraction of sp³-hybridized carbons (Fsp3) is 0.194. The Bertz CT molecular complexity index is 1670. The van der Waals surface area contributed by atoms with Gasteiger partial charge in [0.05, 0.1) is 18.8 Å². The van der Waals surface area contributed by atoms with E-state index in [4.69, 9.17) is 9.47 Å². The van der Waals surface area contributed by atoms with Gasteiger partial charge in [-0.3, -0.25) is 4.79 Å². The lowest BCUT2D eigenvalue weighted by Gasteiger charge is -2.36. The summed E-state index contributed by atoms with van der Waals surface area (Å²) in [5, 5.41) is 13.2. The molecule has 1 aliphatic rings. The Balaban J connectivity index is 1.20. The minimum Gasteiger partial charge on any atom is -0.392 e. The normalized spacial score (nSPS) is 18.1. The van der Waals surface area contributed by atoms with E-state index in [0.717, 1.165) is 33.4 Å². The van der Waals surface area contributed by atoms with E-state index in [2.05, 4.69) is 39.6 Å².